The van der Waals surface area contributed by atoms with Gasteiger partial charge >= 0.3 is 0 Å². The summed E-state index contributed by atoms with van der Waals surface area (Å²) in [6, 6.07) is 6.72. The standard InChI is InChI=1S/C14H17N3O2/c1-14(2,3)11-9-16(4)15-13(11)10-7-5-6-8-12(10)17(18)19/h5-9H,1-4H3. The maximum atomic E-state index is 11.1. The van der Waals surface area contributed by atoms with Crippen molar-refractivity contribution in [3.8, 4) is 11.3 Å². The number of aromatic nitrogens is 2. The molecule has 0 saturated carbocycles. The summed E-state index contributed by atoms with van der Waals surface area (Å²) in [5.41, 5.74) is 2.23. The molecule has 0 aliphatic carbocycles. The quantitative estimate of drug-likeness (QED) is 0.614. The number of benzene rings is 1. The van der Waals surface area contributed by atoms with Crippen LogP contribution in [0.3, 0.4) is 0 Å². The first kappa shape index (κ1) is 13.3. The Morgan fingerprint density at radius 1 is 1.26 bits per heavy atom. The number of nitro groups is 1. The van der Waals surface area contributed by atoms with Gasteiger partial charge in [-0.05, 0) is 11.5 Å². The van der Waals surface area contributed by atoms with Crippen molar-refractivity contribution in [2.75, 3.05) is 0 Å². The highest BCUT2D eigenvalue weighted by atomic mass is 16.6. The number of hydrogen-bond acceptors (Lipinski definition) is 3. The van der Waals surface area contributed by atoms with Crippen LogP contribution in [0, 0.1) is 10.1 Å². The first-order chi connectivity index (χ1) is 8.80. The zero-order chi connectivity index (χ0) is 14.2. The normalized spacial score (nSPS) is 11.6. The molecule has 0 amide bonds. The Kier molecular flexibility index (Phi) is 3.14. The van der Waals surface area contributed by atoms with Crippen LogP contribution in [0.5, 0.6) is 0 Å². The van der Waals surface area contributed by atoms with Crippen LogP contribution in [0.15, 0.2) is 30.5 Å². The summed E-state index contributed by atoms with van der Waals surface area (Å²) in [5.74, 6) is 0. The Balaban J connectivity index is 2.70. The molecule has 19 heavy (non-hydrogen) atoms. The van der Waals surface area contributed by atoms with Crippen LogP contribution in [0.25, 0.3) is 11.3 Å². The Labute approximate surface area is 112 Å². The van der Waals surface area contributed by atoms with Crippen LogP contribution in [-0.4, -0.2) is 14.7 Å². The smallest absolute Gasteiger partial charge is 0.275 e. The van der Waals surface area contributed by atoms with Gasteiger partial charge in [0, 0.05) is 24.9 Å². The predicted octanol–water partition coefficient (Wildman–Crippen LogP) is 3.29. The molecule has 1 aromatic heterocycles. The molecule has 5 nitrogen and oxygen atoms in total. The van der Waals surface area contributed by atoms with E-state index >= 15 is 0 Å². The monoisotopic (exact) mass is 259 g/mol. The lowest BCUT2D eigenvalue weighted by molar-refractivity contribution is -0.384. The fraction of sp³-hybridized carbons (Fsp3) is 0.357. The maximum absolute atomic E-state index is 11.1. The molecule has 0 saturated heterocycles. The Morgan fingerprint density at radius 3 is 2.47 bits per heavy atom. The van der Waals surface area contributed by atoms with Gasteiger partial charge in [0.15, 0.2) is 0 Å². The van der Waals surface area contributed by atoms with Gasteiger partial charge in [0.1, 0.15) is 5.69 Å². The molecule has 1 aromatic carbocycles. The molecule has 0 N–H and O–H groups in total. The second-order valence-electron chi connectivity index (χ2n) is 5.59. The molecule has 0 radical (unpaired) electrons. The number of rotatable bonds is 2. The summed E-state index contributed by atoms with van der Waals surface area (Å²) in [6.45, 7) is 6.22. The number of para-hydroxylation sites is 1. The molecule has 0 fully saturated rings. The minimum absolute atomic E-state index is 0.0895. The SMILES string of the molecule is Cn1cc(C(C)(C)C)c(-c2ccccc2[N+](=O)[O-])n1. The minimum atomic E-state index is -0.365. The first-order valence-corrected chi connectivity index (χ1v) is 6.08. The molecule has 0 aliphatic heterocycles. The summed E-state index contributed by atoms with van der Waals surface area (Å²) >= 11 is 0. The third-order valence-electron chi connectivity index (χ3n) is 2.99. The van der Waals surface area contributed by atoms with Crippen molar-refractivity contribution in [3.63, 3.8) is 0 Å². The van der Waals surface area contributed by atoms with Crippen molar-refractivity contribution in [1.82, 2.24) is 9.78 Å². The van der Waals surface area contributed by atoms with Gasteiger partial charge in [0.05, 0.1) is 10.5 Å². The maximum Gasteiger partial charge on any atom is 0.278 e. The van der Waals surface area contributed by atoms with Gasteiger partial charge in [-0.3, -0.25) is 14.8 Å². The predicted molar refractivity (Wildman–Crippen MR) is 74.0 cm³/mol. The van der Waals surface area contributed by atoms with Crippen LogP contribution < -0.4 is 0 Å². The van der Waals surface area contributed by atoms with Crippen molar-refractivity contribution in [1.29, 1.82) is 0 Å². The number of aryl methyl sites for hydroxylation is 1. The van der Waals surface area contributed by atoms with Crippen LogP contribution in [0.1, 0.15) is 26.3 Å². The van der Waals surface area contributed by atoms with Crippen molar-refractivity contribution < 1.29 is 4.92 Å². The third-order valence-corrected chi connectivity index (χ3v) is 2.99. The zero-order valence-corrected chi connectivity index (χ0v) is 11.5. The molecular weight excluding hydrogens is 242 g/mol. The van der Waals surface area contributed by atoms with Gasteiger partial charge < -0.3 is 0 Å². The molecule has 1 heterocycles. The summed E-state index contributed by atoms with van der Waals surface area (Å²) in [6.07, 6.45) is 1.92. The van der Waals surface area contributed by atoms with Crippen molar-refractivity contribution >= 4 is 5.69 Å². The molecule has 0 atom stereocenters. The topological polar surface area (TPSA) is 61.0 Å². The molecule has 100 valence electrons. The highest BCUT2D eigenvalue weighted by Crippen LogP contribution is 2.36. The minimum Gasteiger partial charge on any atom is -0.275 e. The fourth-order valence-electron chi connectivity index (χ4n) is 2.07. The number of hydrogen-bond donors (Lipinski definition) is 0. The van der Waals surface area contributed by atoms with Crippen LogP contribution in [-0.2, 0) is 12.5 Å². The highest BCUT2D eigenvalue weighted by molar-refractivity contribution is 5.73. The van der Waals surface area contributed by atoms with Gasteiger partial charge in [-0.2, -0.15) is 5.10 Å². The lowest BCUT2D eigenvalue weighted by atomic mass is 9.85. The number of nitrogens with zero attached hydrogens (tertiary/aromatic N) is 3. The average molecular weight is 259 g/mol. The third kappa shape index (κ3) is 2.50. The largest absolute Gasteiger partial charge is 0.278 e. The molecule has 2 aromatic rings. The molecule has 0 bridgehead atoms. The van der Waals surface area contributed by atoms with Crippen molar-refractivity contribution in [2.24, 2.45) is 7.05 Å². The van der Waals surface area contributed by atoms with E-state index < -0.39 is 0 Å². The van der Waals surface area contributed by atoms with E-state index in [2.05, 4.69) is 25.9 Å². The first-order valence-electron chi connectivity index (χ1n) is 6.08. The van der Waals surface area contributed by atoms with Crippen molar-refractivity contribution in [2.45, 2.75) is 26.2 Å². The molecular formula is C14H17N3O2. The summed E-state index contributed by atoms with van der Waals surface area (Å²) in [7, 11) is 1.83. The Morgan fingerprint density at radius 2 is 1.89 bits per heavy atom. The molecule has 2 rings (SSSR count). The van der Waals surface area contributed by atoms with E-state index in [9.17, 15) is 10.1 Å². The van der Waals surface area contributed by atoms with Crippen LogP contribution >= 0.6 is 0 Å². The van der Waals surface area contributed by atoms with E-state index in [1.54, 1.807) is 22.9 Å². The van der Waals surface area contributed by atoms with Gasteiger partial charge in [0.25, 0.3) is 5.69 Å². The molecule has 0 unspecified atom stereocenters. The summed E-state index contributed by atoms with van der Waals surface area (Å²) in [4.78, 5) is 10.8. The van der Waals surface area contributed by atoms with Gasteiger partial charge in [0.2, 0.25) is 0 Å². The van der Waals surface area contributed by atoms with Gasteiger partial charge in [-0.1, -0.05) is 32.9 Å². The van der Waals surface area contributed by atoms with E-state index in [1.807, 2.05) is 13.2 Å². The highest BCUT2D eigenvalue weighted by Gasteiger charge is 2.26. The number of nitro benzene ring substituents is 1. The Bertz CT molecular complexity index is 624. The summed E-state index contributed by atoms with van der Waals surface area (Å²) in [5, 5.41) is 15.5. The van der Waals surface area contributed by atoms with Crippen LogP contribution in [0.2, 0.25) is 0 Å². The molecule has 0 aliphatic rings. The van der Waals surface area contributed by atoms with E-state index in [0.29, 0.717) is 11.3 Å². The van der Waals surface area contributed by atoms with E-state index in [-0.39, 0.29) is 16.0 Å². The zero-order valence-electron chi connectivity index (χ0n) is 11.5. The van der Waals surface area contributed by atoms with E-state index in [0.717, 1.165) is 5.56 Å². The Hall–Kier alpha value is -2.17. The van der Waals surface area contributed by atoms with Crippen molar-refractivity contribution in [3.05, 3.63) is 46.1 Å². The molecule has 0 spiro atoms. The summed E-state index contributed by atoms with van der Waals surface area (Å²) < 4.78 is 1.70. The lowest BCUT2D eigenvalue weighted by Crippen LogP contribution is -2.11. The van der Waals surface area contributed by atoms with E-state index in [1.165, 1.54) is 6.07 Å². The lowest BCUT2D eigenvalue weighted by Gasteiger charge is -2.18. The second kappa shape index (κ2) is 4.50. The second-order valence-corrected chi connectivity index (χ2v) is 5.59. The average Bonchev–Trinajstić information content (AvgIpc) is 2.71. The fourth-order valence-corrected chi connectivity index (χ4v) is 2.07. The van der Waals surface area contributed by atoms with Gasteiger partial charge in [-0.15, -0.1) is 0 Å². The van der Waals surface area contributed by atoms with Crippen LogP contribution in [0.4, 0.5) is 5.69 Å². The molecule has 5 heteroatoms. The van der Waals surface area contributed by atoms with Gasteiger partial charge in [-0.25, -0.2) is 0 Å². The van der Waals surface area contributed by atoms with E-state index in [4.69, 9.17) is 0 Å².